The molecule has 0 aliphatic carbocycles. The fourth-order valence-electron chi connectivity index (χ4n) is 6.81. The second-order valence-electron chi connectivity index (χ2n) is 16.2. The maximum Gasteiger partial charge on any atom is 0.303 e. The Hall–Kier alpha value is -1.10. The molecule has 0 radical (unpaired) electrons. The number of epoxide rings is 1. The summed E-state index contributed by atoms with van der Waals surface area (Å²) >= 11 is 0. The molecule has 0 aromatic carbocycles. The van der Waals surface area contributed by atoms with Gasteiger partial charge in [0.05, 0.1) is 12.7 Å². The van der Waals surface area contributed by atoms with Crippen LogP contribution in [0.25, 0.3) is 0 Å². The van der Waals surface area contributed by atoms with Crippen molar-refractivity contribution >= 4 is 11.9 Å². The second kappa shape index (κ2) is 47.9. The van der Waals surface area contributed by atoms with Crippen molar-refractivity contribution in [3.63, 3.8) is 0 Å². The minimum Gasteiger partial charge on any atom is -0.481 e. The number of ether oxygens (including phenoxy) is 1. The summed E-state index contributed by atoms with van der Waals surface area (Å²) < 4.78 is 4.71. The molecule has 0 bridgehead atoms. The molecule has 1 unspecified atom stereocenters. The molecule has 5 heteroatoms. The highest BCUT2D eigenvalue weighted by Gasteiger charge is 2.13. The minimum atomic E-state index is -0.651. The van der Waals surface area contributed by atoms with Gasteiger partial charge in [-0.3, -0.25) is 9.59 Å². The number of carboxylic acids is 2. The summed E-state index contributed by atoms with van der Waals surface area (Å²) in [5.74, 6) is -1.30. The average molecular weight is 739 g/mol. The van der Waals surface area contributed by atoms with Gasteiger partial charge in [-0.05, 0) is 19.8 Å². The zero-order valence-electron chi connectivity index (χ0n) is 35.7. The van der Waals surface area contributed by atoms with Gasteiger partial charge in [0, 0.05) is 12.8 Å². The van der Waals surface area contributed by atoms with E-state index in [0.29, 0.717) is 18.9 Å². The predicted octanol–water partition coefficient (Wildman–Crippen LogP) is 16.2. The van der Waals surface area contributed by atoms with Crippen LogP contribution in [0.15, 0.2) is 0 Å². The first-order valence-corrected chi connectivity index (χ1v) is 23.5. The SMILES string of the molecule is CC1CO1.CCCCCCCCCCCCCCCCCCCCCC(=O)O.CCCCCCCCCCCCCCCCCCCCCC(=O)O. The minimum absolute atomic E-state index is 0.346. The molecule has 1 aliphatic rings. The zero-order valence-corrected chi connectivity index (χ0v) is 35.7. The van der Waals surface area contributed by atoms with Gasteiger partial charge in [0.2, 0.25) is 0 Å². The lowest BCUT2D eigenvalue weighted by Gasteiger charge is -2.03. The monoisotopic (exact) mass is 739 g/mol. The van der Waals surface area contributed by atoms with Crippen molar-refractivity contribution in [1.29, 1.82) is 0 Å². The normalized spacial score (nSPS) is 13.2. The van der Waals surface area contributed by atoms with Crippen molar-refractivity contribution in [3.05, 3.63) is 0 Å². The second-order valence-corrected chi connectivity index (χ2v) is 16.2. The lowest BCUT2D eigenvalue weighted by molar-refractivity contribution is -0.138. The van der Waals surface area contributed by atoms with Crippen LogP contribution in [-0.4, -0.2) is 34.9 Å². The summed E-state index contributed by atoms with van der Waals surface area (Å²) in [5, 5.41) is 17.1. The molecule has 1 heterocycles. The molecule has 1 saturated heterocycles. The zero-order chi connectivity index (χ0) is 38.4. The Bertz CT molecular complexity index is 625. The van der Waals surface area contributed by atoms with Gasteiger partial charge < -0.3 is 14.9 Å². The number of hydrogen-bond acceptors (Lipinski definition) is 3. The van der Waals surface area contributed by atoms with Crippen molar-refractivity contribution in [3.8, 4) is 0 Å². The first-order valence-electron chi connectivity index (χ1n) is 23.5. The smallest absolute Gasteiger partial charge is 0.303 e. The van der Waals surface area contributed by atoms with E-state index >= 15 is 0 Å². The molecule has 1 fully saturated rings. The third-order valence-electron chi connectivity index (χ3n) is 10.5. The topological polar surface area (TPSA) is 87.1 Å². The van der Waals surface area contributed by atoms with Gasteiger partial charge in [-0.1, -0.05) is 245 Å². The number of carbonyl (C=O) groups is 2. The Morgan fingerprint density at radius 1 is 0.365 bits per heavy atom. The third kappa shape index (κ3) is 58.2. The molecule has 2 N–H and O–H groups in total. The maximum absolute atomic E-state index is 10.4. The van der Waals surface area contributed by atoms with Crippen LogP contribution >= 0.6 is 0 Å². The Balaban J connectivity index is 0. The quantitative estimate of drug-likeness (QED) is 0.0483. The fourth-order valence-corrected chi connectivity index (χ4v) is 6.81. The molecule has 1 aliphatic heterocycles. The largest absolute Gasteiger partial charge is 0.481 e. The van der Waals surface area contributed by atoms with Gasteiger partial charge in [-0.15, -0.1) is 0 Å². The van der Waals surface area contributed by atoms with E-state index in [9.17, 15) is 9.59 Å². The van der Waals surface area contributed by atoms with E-state index in [2.05, 4.69) is 20.8 Å². The molecule has 0 saturated carbocycles. The lowest BCUT2D eigenvalue weighted by atomic mass is 10.0. The summed E-state index contributed by atoms with van der Waals surface area (Å²) in [7, 11) is 0. The van der Waals surface area contributed by atoms with Gasteiger partial charge >= 0.3 is 11.9 Å². The van der Waals surface area contributed by atoms with Crippen molar-refractivity contribution in [2.75, 3.05) is 6.61 Å². The number of rotatable bonds is 40. The van der Waals surface area contributed by atoms with E-state index in [0.717, 1.165) is 32.3 Å². The Morgan fingerprint density at radius 3 is 0.615 bits per heavy atom. The van der Waals surface area contributed by atoms with Gasteiger partial charge in [0.15, 0.2) is 0 Å². The van der Waals surface area contributed by atoms with E-state index in [-0.39, 0.29) is 0 Å². The summed E-state index contributed by atoms with van der Waals surface area (Å²) in [4.78, 5) is 20.8. The van der Waals surface area contributed by atoms with Gasteiger partial charge in [-0.25, -0.2) is 0 Å². The van der Waals surface area contributed by atoms with Crippen molar-refractivity contribution < 1.29 is 24.5 Å². The van der Waals surface area contributed by atoms with Crippen LogP contribution < -0.4 is 0 Å². The molecule has 1 atom stereocenters. The predicted molar refractivity (Wildman–Crippen MR) is 227 cm³/mol. The number of hydrogen-bond donors (Lipinski definition) is 2. The molecule has 5 nitrogen and oxygen atoms in total. The number of carboxylic acid groups (broad SMARTS) is 2. The van der Waals surface area contributed by atoms with E-state index in [4.69, 9.17) is 14.9 Å². The van der Waals surface area contributed by atoms with Crippen LogP contribution in [0.4, 0.5) is 0 Å². The molecule has 1 rings (SSSR count). The van der Waals surface area contributed by atoms with E-state index in [1.54, 1.807) is 0 Å². The van der Waals surface area contributed by atoms with Crippen molar-refractivity contribution in [2.24, 2.45) is 0 Å². The fraction of sp³-hybridized carbons (Fsp3) is 0.957. The Labute approximate surface area is 326 Å². The average Bonchev–Trinajstić information content (AvgIpc) is 3.92. The van der Waals surface area contributed by atoms with E-state index in [1.165, 1.54) is 218 Å². The number of unbranched alkanes of at least 4 members (excludes halogenated alkanes) is 36. The molecule has 52 heavy (non-hydrogen) atoms. The highest BCUT2D eigenvalue weighted by Crippen LogP contribution is 2.16. The van der Waals surface area contributed by atoms with Crippen LogP contribution in [0.1, 0.15) is 278 Å². The molecular weight excluding hydrogens is 645 g/mol. The van der Waals surface area contributed by atoms with Crippen LogP contribution in [0.5, 0.6) is 0 Å². The Kier molecular flexibility index (Phi) is 48.8. The standard InChI is InChI=1S/2C22H44O2.C3H6O/c2*1-2-3-4-5-6-7-8-9-10-11-12-13-14-15-16-17-18-19-20-21-22(23)24;1-3-2-4-3/h2*2-21H2,1H3,(H,23,24);3H,2H2,1H3. The lowest BCUT2D eigenvalue weighted by Crippen LogP contribution is -1.93. The molecule has 0 aromatic heterocycles. The number of aliphatic carboxylic acids is 2. The van der Waals surface area contributed by atoms with Crippen LogP contribution in [-0.2, 0) is 14.3 Å². The highest BCUT2D eigenvalue weighted by molar-refractivity contribution is 5.66. The molecule has 312 valence electrons. The van der Waals surface area contributed by atoms with Gasteiger partial charge in [0.25, 0.3) is 0 Å². The summed E-state index contributed by atoms with van der Waals surface area (Å²) in [6.45, 7) is 7.61. The molecule has 0 amide bonds. The molecule has 0 spiro atoms. The maximum atomic E-state index is 10.4. The van der Waals surface area contributed by atoms with Gasteiger partial charge in [-0.2, -0.15) is 0 Å². The van der Waals surface area contributed by atoms with Crippen LogP contribution in [0, 0.1) is 0 Å². The van der Waals surface area contributed by atoms with Crippen LogP contribution in [0.2, 0.25) is 0 Å². The van der Waals surface area contributed by atoms with E-state index < -0.39 is 11.9 Å². The van der Waals surface area contributed by atoms with E-state index in [1.807, 2.05) is 0 Å². The van der Waals surface area contributed by atoms with Crippen LogP contribution in [0.3, 0.4) is 0 Å². The van der Waals surface area contributed by atoms with Crippen molar-refractivity contribution in [2.45, 2.75) is 284 Å². The summed E-state index contributed by atoms with van der Waals surface area (Å²) in [5.41, 5.74) is 0. The first kappa shape index (κ1) is 53.0. The molecule has 0 aromatic rings. The molecular formula is C47H94O5. The van der Waals surface area contributed by atoms with Gasteiger partial charge in [0.1, 0.15) is 0 Å². The van der Waals surface area contributed by atoms with Crippen molar-refractivity contribution in [1.82, 2.24) is 0 Å². The Morgan fingerprint density at radius 2 is 0.500 bits per heavy atom. The third-order valence-corrected chi connectivity index (χ3v) is 10.5. The first-order chi connectivity index (χ1) is 25.4. The summed E-state index contributed by atoms with van der Waals surface area (Å²) in [6, 6.07) is 0. The summed E-state index contributed by atoms with van der Waals surface area (Å²) in [6.07, 6.45) is 52.8. The highest BCUT2D eigenvalue weighted by atomic mass is 16.6.